The summed E-state index contributed by atoms with van der Waals surface area (Å²) in [4.78, 5) is 0. The molecule has 0 aromatic carbocycles. The van der Waals surface area contributed by atoms with Crippen LogP contribution >= 0.6 is 11.6 Å². The lowest BCUT2D eigenvalue weighted by Gasteiger charge is -2.21. The number of halogens is 1. The Morgan fingerprint density at radius 2 is 2.45 bits per heavy atom. The largest absolute Gasteiger partial charge is 0.353 e. The molecule has 0 aliphatic carbocycles. The summed E-state index contributed by atoms with van der Waals surface area (Å²) in [5.74, 6) is 0. The van der Waals surface area contributed by atoms with E-state index in [0.717, 1.165) is 19.4 Å². The Hall–Kier alpha value is -0.0500. The summed E-state index contributed by atoms with van der Waals surface area (Å²) in [5, 5.41) is 0. The van der Waals surface area contributed by atoms with Gasteiger partial charge in [-0.15, -0.1) is 0 Å². The molecule has 1 heterocycles. The van der Waals surface area contributed by atoms with Crippen molar-refractivity contribution in [3.8, 4) is 0 Å². The molecule has 64 valence electrons. The molecule has 0 aromatic rings. The fourth-order valence-corrected chi connectivity index (χ4v) is 1.11. The molecule has 1 rings (SSSR count). The van der Waals surface area contributed by atoms with Crippen molar-refractivity contribution in [3.63, 3.8) is 0 Å². The zero-order valence-electron chi connectivity index (χ0n) is 6.46. The second-order valence-corrected chi connectivity index (χ2v) is 2.74. The van der Waals surface area contributed by atoms with Crippen LogP contribution in [-0.2, 0) is 9.47 Å². The second kappa shape index (κ2) is 5.58. The molecule has 0 amide bonds. The van der Waals surface area contributed by atoms with Crippen LogP contribution < -0.4 is 0 Å². The molecule has 1 aliphatic heterocycles. The summed E-state index contributed by atoms with van der Waals surface area (Å²) in [6.07, 6.45) is 5.13. The van der Waals surface area contributed by atoms with Crippen LogP contribution in [0.1, 0.15) is 19.3 Å². The van der Waals surface area contributed by atoms with Gasteiger partial charge in [0.15, 0.2) is 6.29 Å². The highest BCUT2D eigenvalue weighted by molar-refractivity contribution is 6.25. The molecule has 1 aliphatic rings. The van der Waals surface area contributed by atoms with E-state index in [4.69, 9.17) is 21.1 Å². The molecule has 0 N–H and O–H groups in total. The predicted octanol–water partition coefficient (Wildman–Crippen LogP) is 2.28. The monoisotopic (exact) mass is 176 g/mol. The molecule has 0 aromatic heterocycles. The van der Waals surface area contributed by atoms with E-state index < -0.39 is 0 Å². The van der Waals surface area contributed by atoms with E-state index in [2.05, 4.69) is 0 Å². The number of rotatable bonds is 3. The van der Waals surface area contributed by atoms with Crippen molar-refractivity contribution in [2.75, 3.05) is 13.2 Å². The minimum absolute atomic E-state index is 0.00313. The van der Waals surface area contributed by atoms with Crippen molar-refractivity contribution < 1.29 is 9.47 Å². The van der Waals surface area contributed by atoms with Gasteiger partial charge in [0.05, 0.1) is 6.61 Å². The molecule has 0 bridgehead atoms. The van der Waals surface area contributed by atoms with Gasteiger partial charge in [-0.25, -0.2) is 0 Å². The lowest BCUT2D eigenvalue weighted by Crippen LogP contribution is -2.22. The second-order valence-electron chi connectivity index (χ2n) is 2.49. The average Bonchev–Trinajstić information content (AvgIpc) is 2.07. The highest BCUT2D eigenvalue weighted by atomic mass is 35.5. The molecule has 1 saturated heterocycles. The van der Waals surface area contributed by atoms with Crippen LogP contribution in [0.25, 0.3) is 0 Å². The Morgan fingerprint density at radius 1 is 1.55 bits per heavy atom. The topological polar surface area (TPSA) is 18.5 Å². The zero-order valence-corrected chi connectivity index (χ0v) is 7.22. The van der Waals surface area contributed by atoms with Crippen LogP contribution in [0.2, 0.25) is 0 Å². The number of ether oxygens (including phenoxy) is 2. The molecule has 1 fully saturated rings. The maximum absolute atomic E-state index is 5.33. The third kappa shape index (κ3) is 3.75. The minimum Gasteiger partial charge on any atom is -0.353 e. The first-order valence-electron chi connectivity index (χ1n) is 3.92. The summed E-state index contributed by atoms with van der Waals surface area (Å²) >= 11 is 5.32. The maximum atomic E-state index is 5.33. The van der Waals surface area contributed by atoms with E-state index in [-0.39, 0.29) is 6.29 Å². The first-order valence-corrected chi connectivity index (χ1v) is 4.35. The van der Waals surface area contributed by atoms with Gasteiger partial charge in [-0.2, -0.15) is 0 Å². The third-order valence-electron chi connectivity index (χ3n) is 1.61. The molecular weight excluding hydrogens is 164 g/mol. The molecule has 1 atom stereocenters. The molecule has 0 radical (unpaired) electrons. The van der Waals surface area contributed by atoms with Crippen LogP contribution in [0.4, 0.5) is 0 Å². The van der Waals surface area contributed by atoms with Crippen molar-refractivity contribution in [1.29, 1.82) is 0 Å². The number of hydrogen-bond donors (Lipinski definition) is 0. The van der Waals surface area contributed by atoms with Gasteiger partial charge in [0.25, 0.3) is 0 Å². The fourth-order valence-electron chi connectivity index (χ4n) is 1.04. The van der Waals surface area contributed by atoms with E-state index in [1.807, 2.05) is 0 Å². The van der Waals surface area contributed by atoms with E-state index in [9.17, 15) is 0 Å². The molecule has 3 heteroatoms. The van der Waals surface area contributed by atoms with Crippen LogP contribution in [0.5, 0.6) is 0 Å². The van der Waals surface area contributed by atoms with Crippen molar-refractivity contribution in [1.82, 2.24) is 0 Å². The van der Waals surface area contributed by atoms with Crippen molar-refractivity contribution >= 4 is 11.6 Å². The SMILES string of the molecule is Cl/C=C\COC1CCCCO1. The highest BCUT2D eigenvalue weighted by Crippen LogP contribution is 2.13. The fraction of sp³-hybridized carbons (Fsp3) is 0.750. The van der Waals surface area contributed by atoms with Gasteiger partial charge in [0.2, 0.25) is 0 Å². The quantitative estimate of drug-likeness (QED) is 0.657. The van der Waals surface area contributed by atoms with Crippen LogP contribution in [0.3, 0.4) is 0 Å². The van der Waals surface area contributed by atoms with Gasteiger partial charge in [0, 0.05) is 12.1 Å². The first kappa shape index (κ1) is 9.04. The van der Waals surface area contributed by atoms with E-state index in [1.54, 1.807) is 6.08 Å². The lowest BCUT2D eigenvalue weighted by atomic mass is 10.2. The minimum atomic E-state index is -0.00313. The summed E-state index contributed by atoms with van der Waals surface area (Å²) in [6, 6.07) is 0. The van der Waals surface area contributed by atoms with Gasteiger partial charge in [-0.05, 0) is 25.3 Å². The highest BCUT2D eigenvalue weighted by Gasteiger charge is 2.12. The zero-order chi connectivity index (χ0) is 7.94. The molecule has 0 saturated carbocycles. The molecule has 0 spiro atoms. The Balaban J connectivity index is 2.04. The predicted molar refractivity (Wildman–Crippen MR) is 44.5 cm³/mol. The van der Waals surface area contributed by atoms with Gasteiger partial charge in [-0.1, -0.05) is 11.6 Å². The molecule has 11 heavy (non-hydrogen) atoms. The Kier molecular flexibility index (Phi) is 4.59. The Labute approximate surface area is 72.1 Å². The lowest BCUT2D eigenvalue weighted by molar-refractivity contribution is -0.155. The summed E-state index contributed by atoms with van der Waals surface area (Å²) in [5.41, 5.74) is 1.46. The summed E-state index contributed by atoms with van der Waals surface area (Å²) < 4.78 is 10.7. The van der Waals surface area contributed by atoms with Gasteiger partial charge in [0.1, 0.15) is 0 Å². The van der Waals surface area contributed by atoms with E-state index in [0.29, 0.717) is 6.61 Å². The van der Waals surface area contributed by atoms with Gasteiger partial charge < -0.3 is 9.47 Å². The van der Waals surface area contributed by atoms with Crippen LogP contribution in [-0.4, -0.2) is 19.5 Å². The van der Waals surface area contributed by atoms with Crippen LogP contribution in [0.15, 0.2) is 11.6 Å². The van der Waals surface area contributed by atoms with Crippen molar-refractivity contribution in [2.24, 2.45) is 0 Å². The number of hydrogen-bond acceptors (Lipinski definition) is 2. The van der Waals surface area contributed by atoms with Crippen LogP contribution in [0, 0.1) is 0 Å². The molecular formula is C8H13ClO2. The van der Waals surface area contributed by atoms with Crippen molar-refractivity contribution in [3.05, 3.63) is 11.6 Å². The third-order valence-corrected chi connectivity index (χ3v) is 1.78. The Bertz CT molecular complexity index is 119. The average molecular weight is 177 g/mol. The first-order chi connectivity index (χ1) is 5.43. The van der Waals surface area contributed by atoms with E-state index in [1.165, 1.54) is 12.0 Å². The molecule has 1 unspecified atom stereocenters. The standard InChI is InChI=1S/C8H13ClO2/c9-5-3-7-11-8-4-1-2-6-10-8/h3,5,8H,1-2,4,6-7H2/b5-3-. The van der Waals surface area contributed by atoms with Crippen molar-refractivity contribution in [2.45, 2.75) is 25.6 Å². The maximum Gasteiger partial charge on any atom is 0.157 e. The Morgan fingerprint density at radius 3 is 3.09 bits per heavy atom. The molecule has 2 nitrogen and oxygen atoms in total. The van der Waals surface area contributed by atoms with Gasteiger partial charge in [-0.3, -0.25) is 0 Å². The summed E-state index contributed by atoms with van der Waals surface area (Å²) in [6.45, 7) is 1.38. The van der Waals surface area contributed by atoms with Gasteiger partial charge >= 0.3 is 0 Å². The van der Waals surface area contributed by atoms with E-state index >= 15 is 0 Å². The smallest absolute Gasteiger partial charge is 0.157 e. The normalized spacial score (nSPS) is 26.1. The summed E-state index contributed by atoms with van der Waals surface area (Å²) in [7, 11) is 0.